The number of nitrogens with one attached hydrogen (secondary N) is 3. The van der Waals surface area contributed by atoms with Crippen LogP contribution in [0.1, 0.15) is 35.7 Å². The Morgan fingerprint density at radius 2 is 1.77 bits per heavy atom. The highest BCUT2D eigenvalue weighted by Crippen LogP contribution is 2.27. The molecule has 0 aliphatic heterocycles. The maximum atomic E-state index is 12.2. The van der Waals surface area contributed by atoms with Crippen LogP contribution in [0.2, 0.25) is 0 Å². The van der Waals surface area contributed by atoms with Crippen molar-refractivity contribution < 1.29 is 9.59 Å². The average molecular weight is 489 g/mol. The van der Waals surface area contributed by atoms with Gasteiger partial charge in [0, 0.05) is 55.3 Å². The van der Waals surface area contributed by atoms with Crippen LogP contribution in [0.3, 0.4) is 0 Å². The van der Waals surface area contributed by atoms with E-state index in [1.807, 2.05) is 48.5 Å². The Morgan fingerprint density at radius 1 is 1.00 bits per heavy atom. The molecule has 1 atom stereocenters. The Bertz CT molecular complexity index is 1340. The van der Waals surface area contributed by atoms with Gasteiger partial charge < -0.3 is 16.0 Å². The smallest absolute Gasteiger partial charge is 0.251 e. The standard InChI is InChI=1S/C26H26N6O2.H2S/c1-16(20-5-4-6-21-22(26(34)27-3)11-12-28-25(20)21)14-29-24-13-23(30-15-31-24)18-7-9-19(10-8-18)32-17(2)33;/h4-13,15-16H,14H2,1-3H3,(H,27,34)(H,32,33)(H,29,30,31);1H2/t16-;/m1./s1. The predicted octanol–water partition coefficient (Wildman–Crippen LogP) is 4.34. The van der Waals surface area contributed by atoms with E-state index in [0.717, 1.165) is 33.4 Å². The van der Waals surface area contributed by atoms with Crippen LogP contribution in [0.5, 0.6) is 0 Å². The molecular weight excluding hydrogens is 460 g/mol. The van der Waals surface area contributed by atoms with E-state index in [-0.39, 0.29) is 31.2 Å². The molecule has 0 radical (unpaired) electrons. The number of hydrogen-bond donors (Lipinski definition) is 3. The Labute approximate surface area is 211 Å². The zero-order valence-corrected chi connectivity index (χ0v) is 20.8. The molecular formula is C26H28N6O2S. The molecule has 0 saturated carbocycles. The van der Waals surface area contributed by atoms with E-state index in [1.54, 1.807) is 19.3 Å². The van der Waals surface area contributed by atoms with Crippen LogP contribution in [0, 0.1) is 0 Å². The van der Waals surface area contributed by atoms with Gasteiger partial charge in [-0.05, 0) is 23.8 Å². The highest BCUT2D eigenvalue weighted by molar-refractivity contribution is 7.59. The first-order chi connectivity index (χ1) is 16.5. The number of rotatable bonds is 7. The first-order valence-electron chi connectivity index (χ1n) is 11.0. The largest absolute Gasteiger partial charge is 0.369 e. The van der Waals surface area contributed by atoms with Crippen LogP contribution in [-0.2, 0) is 4.79 Å². The van der Waals surface area contributed by atoms with Crippen LogP contribution in [0.4, 0.5) is 11.5 Å². The third-order valence-electron chi connectivity index (χ3n) is 5.56. The zero-order valence-electron chi connectivity index (χ0n) is 19.8. The summed E-state index contributed by atoms with van der Waals surface area (Å²) >= 11 is 0. The normalized spacial score (nSPS) is 11.3. The molecule has 180 valence electrons. The fourth-order valence-corrected chi connectivity index (χ4v) is 3.84. The lowest BCUT2D eigenvalue weighted by Crippen LogP contribution is -2.18. The number of benzene rings is 2. The minimum atomic E-state index is -0.131. The number of fused-ring (bicyclic) bond motifs is 1. The van der Waals surface area contributed by atoms with Gasteiger partial charge in [0.05, 0.1) is 16.8 Å². The SMILES string of the molecule is CNC(=O)c1ccnc2c([C@H](C)CNc3cc(-c4ccc(NC(C)=O)cc4)ncn3)cccc12.S. The minimum Gasteiger partial charge on any atom is -0.369 e. The Balaban J connectivity index is 0.00000342. The fraction of sp³-hybridized carbons (Fsp3) is 0.192. The quantitative estimate of drug-likeness (QED) is 0.357. The predicted molar refractivity (Wildman–Crippen MR) is 144 cm³/mol. The van der Waals surface area contributed by atoms with Gasteiger partial charge in [0.2, 0.25) is 5.91 Å². The van der Waals surface area contributed by atoms with Gasteiger partial charge in [-0.1, -0.05) is 37.3 Å². The number of nitrogens with zero attached hydrogens (tertiary/aromatic N) is 3. The summed E-state index contributed by atoms with van der Waals surface area (Å²) in [4.78, 5) is 36.7. The summed E-state index contributed by atoms with van der Waals surface area (Å²) in [5, 5.41) is 9.66. The topological polar surface area (TPSA) is 109 Å². The number of para-hydroxylation sites is 1. The maximum Gasteiger partial charge on any atom is 0.251 e. The Kier molecular flexibility index (Phi) is 8.38. The molecule has 0 bridgehead atoms. The number of amides is 2. The second-order valence-electron chi connectivity index (χ2n) is 8.01. The molecule has 0 spiro atoms. The molecule has 2 aromatic carbocycles. The monoisotopic (exact) mass is 488 g/mol. The molecule has 0 unspecified atom stereocenters. The number of hydrogen-bond acceptors (Lipinski definition) is 6. The minimum absolute atomic E-state index is 0. The first kappa shape index (κ1) is 25.6. The summed E-state index contributed by atoms with van der Waals surface area (Å²) in [6, 6.07) is 17.0. The van der Waals surface area contributed by atoms with Crippen molar-refractivity contribution >= 4 is 47.7 Å². The van der Waals surface area contributed by atoms with E-state index in [4.69, 9.17) is 0 Å². The van der Waals surface area contributed by atoms with E-state index in [9.17, 15) is 9.59 Å². The van der Waals surface area contributed by atoms with E-state index < -0.39 is 0 Å². The highest BCUT2D eigenvalue weighted by Gasteiger charge is 2.15. The van der Waals surface area contributed by atoms with Crippen molar-refractivity contribution in [3.8, 4) is 11.3 Å². The second kappa shape index (κ2) is 11.4. The molecule has 0 fully saturated rings. The summed E-state index contributed by atoms with van der Waals surface area (Å²) in [5.41, 5.74) is 4.92. The highest BCUT2D eigenvalue weighted by atomic mass is 32.1. The van der Waals surface area contributed by atoms with Gasteiger partial charge in [-0.2, -0.15) is 13.5 Å². The second-order valence-corrected chi connectivity index (χ2v) is 8.01. The molecule has 9 heteroatoms. The van der Waals surface area contributed by atoms with Gasteiger partial charge in [0.25, 0.3) is 5.91 Å². The van der Waals surface area contributed by atoms with E-state index in [1.165, 1.54) is 13.3 Å². The summed E-state index contributed by atoms with van der Waals surface area (Å²) < 4.78 is 0. The number of anilines is 2. The molecule has 0 aliphatic rings. The van der Waals surface area contributed by atoms with Crippen LogP contribution in [-0.4, -0.2) is 40.4 Å². The van der Waals surface area contributed by atoms with Crippen LogP contribution in [0.25, 0.3) is 22.2 Å². The number of carbonyl (C=O) groups excluding carboxylic acids is 2. The molecule has 4 rings (SSSR count). The van der Waals surface area contributed by atoms with Crippen molar-refractivity contribution in [1.82, 2.24) is 20.3 Å². The molecule has 2 aromatic heterocycles. The van der Waals surface area contributed by atoms with Crippen molar-refractivity contribution in [3.05, 3.63) is 78.2 Å². The number of carbonyl (C=O) groups is 2. The van der Waals surface area contributed by atoms with Gasteiger partial charge in [-0.25, -0.2) is 9.97 Å². The lowest BCUT2D eigenvalue weighted by Gasteiger charge is -2.16. The van der Waals surface area contributed by atoms with E-state index in [0.29, 0.717) is 17.9 Å². The van der Waals surface area contributed by atoms with E-state index >= 15 is 0 Å². The fourth-order valence-electron chi connectivity index (χ4n) is 3.84. The van der Waals surface area contributed by atoms with Gasteiger partial charge in [0.15, 0.2) is 0 Å². The molecule has 2 heterocycles. The Hall–Kier alpha value is -3.98. The first-order valence-corrected chi connectivity index (χ1v) is 11.0. The van der Waals surface area contributed by atoms with Crippen LogP contribution < -0.4 is 16.0 Å². The molecule has 3 N–H and O–H groups in total. The number of aromatic nitrogens is 3. The van der Waals surface area contributed by atoms with Gasteiger partial charge >= 0.3 is 0 Å². The summed E-state index contributed by atoms with van der Waals surface area (Å²) in [6.45, 7) is 4.22. The summed E-state index contributed by atoms with van der Waals surface area (Å²) in [6.07, 6.45) is 3.20. The lowest BCUT2D eigenvalue weighted by atomic mass is 9.96. The molecule has 4 aromatic rings. The zero-order chi connectivity index (χ0) is 24.1. The maximum absolute atomic E-state index is 12.2. The van der Waals surface area contributed by atoms with Crippen molar-refractivity contribution in [2.45, 2.75) is 19.8 Å². The van der Waals surface area contributed by atoms with Crippen molar-refractivity contribution in [3.63, 3.8) is 0 Å². The molecule has 2 amide bonds. The molecule has 35 heavy (non-hydrogen) atoms. The van der Waals surface area contributed by atoms with E-state index in [2.05, 4.69) is 37.8 Å². The van der Waals surface area contributed by atoms with Crippen molar-refractivity contribution in [2.75, 3.05) is 24.2 Å². The van der Waals surface area contributed by atoms with Crippen LogP contribution in [0.15, 0.2) is 67.1 Å². The summed E-state index contributed by atoms with van der Waals surface area (Å²) in [7, 11) is 1.62. The van der Waals surface area contributed by atoms with Crippen molar-refractivity contribution in [1.29, 1.82) is 0 Å². The molecule has 0 aliphatic carbocycles. The third-order valence-corrected chi connectivity index (χ3v) is 5.56. The summed E-state index contributed by atoms with van der Waals surface area (Å²) in [5.74, 6) is 0.587. The lowest BCUT2D eigenvalue weighted by molar-refractivity contribution is -0.114. The number of pyridine rings is 1. The average Bonchev–Trinajstić information content (AvgIpc) is 2.86. The van der Waals surface area contributed by atoms with Crippen molar-refractivity contribution in [2.24, 2.45) is 0 Å². The van der Waals surface area contributed by atoms with Gasteiger partial charge in [-0.15, -0.1) is 0 Å². The van der Waals surface area contributed by atoms with Gasteiger partial charge in [0.1, 0.15) is 12.1 Å². The Morgan fingerprint density at radius 3 is 2.49 bits per heavy atom. The molecule has 8 nitrogen and oxygen atoms in total. The van der Waals surface area contributed by atoms with Crippen LogP contribution >= 0.6 is 13.5 Å². The van der Waals surface area contributed by atoms with Gasteiger partial charge in [-0.3, -0.25) is 14.6 Å². The molecule has 0 saturated heterocycles. The third kappa shape index (κ3) is 5.93.